The predicted octanol–water partition coefficient (Wildman–Crippen LogP) is 1.42. The molecule has 34 heavy (non-hydrogen) atoms. The number of hydrogen-bond acceptors (Lipinski definition) is 13. The van der Waals surface area contributed by atoms with Crippen LogP contribution in [-0.2, 0) is 14.4 Å². The first-order valence-electron chi connectivity index (χ1n) is 9.74. The summed E-state index contributed by atoms with van der Waals surface area (Å²) in [4.78, 5) is 43.1. The molecule has 2 aliphatic rings. The number of β-lactam (4-membered cyclic amide) rings is 1. The topological polar surface area (TPSA) is 196 Å². The van der Waals surface area contributed by atoms with Crippen LogP contribution in [0.1, 0.15) is 25.5 Å². The van der Waals surface area contributed by atoms with Gasteiger partial charge < -0.3 is 26.7 Å². The SMILES string of the molecule is CCNc1nnc(SC2=C(C(=O)O)N3C(=O)[C@@H](NC(=O)/C(=N\O)c4nc(N)sc4Cl)[C@H]3CC2)s1. The second-order valence-corrected chi connectivity index (χ2v) is 10.9. The van der Waals surface area contributed by atoms with Crippen molar-refractivity contribution in [2.24, 2.45) is 5.16 Å². The van der Waals surface area contributed by atoms with E-state index in [4.69, 9.17) is 17.3 Å². The molecule has 0 saturated carbocycles. The average molecular weight is 545 g/mol. The van der Waals surface area contributed by atoms with E-state index >= 15 is 0 Å². The number of carbonyl (C=O) groups excluding carboxylic acids is 2. The highest BCUT2D eigenvalue weighted by atomic mass is 35.5. The summed E-state index contributed by atoms with van der Waals surface area (Å²) in [7, 11) is 0. The van der Waals surface area contributed by atoms with E-state index in [0.29, 0.717) is 33.8 Å². The maximum absolute atomic E-state index is 12.9. The first-order chi connectivity index (χ1) is 16.2. The van der Waals surface area contributed by atoms with Crippen LogP contribution in [0.25, 0.3) is 0 Å². The molecule has 13 nitrogen and oxygen atoms in total. The highest BCUT2D eigenvalue weighted by Crippen LogP contribution is 2.44. The Morgan fingerprint density at radius 3 is 2.76 bits per heavy atom. The molecule has 2 aromatic heterocycles. The maximum Gasteiger partial charge on any atom is 0.353 e. The minimum atomic E-state index is -1.26. The highest BCUT2D eigenvalue weighted by molar-refractivity contribution is 8.04. The summed E-state index contributed by atoms with van der Waals surface area (Å²) >= 11 is 9.31. The third kappa shape index (κ3) is 4.40. The molecule has 1 fully saturated rings. The van der Waals surface area contributed by atoms with Gasteiger partial charge >= 0.3 is 5.97 Å². The zero-order chi connectivity index (χ0) is 24.6. The Kier molecular flexibility index (Phi) is 6.92. The van der Waals surface area contributed by atoms with Crippen molar-refractivity contribution in [2.45, 2.75) is 36.2 Å². The van der Waals surface area contributed by atoms with Gasteiger partial charge in [0, 0.05) is 11.4 Å². The minimum absolute atomic E-state index is 0.0476. The number of carboxylic acids is 1. The van der Waals surface area contributed by atoms with Gasteiger partial charge in [-0.3, -0.25) is 14.5 Å². The number of thioether (sulfide) groups is 1. The molecule has 0 unspecified atom stereocenters. The summed E-state index contributed by atoms with van der Waals surface area (Å²) in [5, 5.41) is 36.3. The highest BCUT2D eigenvalue weighted by Gasteiger charge is 2.54. The van der Waals surface area contributed by atoms with Crippen LogP contribution in [0.4, 0.5) is 10.3 Å². The van der Waals surface area contributed by atoms with Gasteiger partial charge in [-0.15, -0.1) is 10.2 Å². The van der Waals surface area contributed by atoms with Crippen molar-refractivity contribution < 1.29 is 24.7 Å². The Morgan fingerprint density at radius 2 is 2.15 bits per heavy atom. The molecule has 0 bridgehead atoms. The number of hydrogen-bond donors (Lipinski definition) is 5. The van der Waals surface area contributed by atoms with E-state index in [1.54, 1.807) is 0 Å². The molecule has 2 aliphatic heterocycles. The van der Waals surface area contributed by atoms with E-state index in [1.807, 2.05) is 6.92 Å². The molecule has 4 heterocycles. The number of fused-ring (bicyclic) bond motifs is 1. The molecule has 6 N–H and O–H groups in total. The van der Waals surface area contributed by atoms with Gasteiger partial charge in [0.25, 0.3) is 11.8 Å². The van der Waals surface area contributed by atoms with Gasteiger partial charge in [0.2, 0.25) is 5.13 Å². The third-order valence-corrected chi connectivity index (χ3v) is 8.13. The molecule has 2 amide bonds. The first kappa shape index (κ1) is 24.2. The number of carboxylic acid groups (broad SMARTS) is 1. The van der Waals surface area contributed by atoms with Gasteiger partial charge in [0.05, 0.1) is 6.04 Å². The Hall–Kier alpha value is -2.95. The molecular formula is C17H17ClN8O5S3. The summed E-state index contributed by atoms with van der Waals surface area (Å²) < 4.78 is 0.593. The number of aromatic nitrogens is 3. The van der Waals surface area contributed by atoms with Gasteiger partial charge in [-0.1, -0.05) is 51.2 Å². The lowest BCUT2D eigenvalue weighted by atomic mass is 9.86. The van der Waals surface area contributed by atoms with E-state index in [1.165, 1.54) is 11.3 Å². The standard InChI is InChI=1S/C17H17ClN8O5S3/c1-2-20-16-23-24-17(34-16)32-6-4-3-5-7(13(28)26(5)10(6)14(29)30)21-12(27)9(25-31)8-11(18)33-15(19)22-8/h5,7,31H,2-4H2,1H3,(H2,19,22)(H,20,23)(H,21,27)(H,29,30)/b25-9-/t5-,7+/m1/s1. The summed E-state index contributed by atoms with van der Waals surface area (Å²) in [6, 6.07) is -1.57. The Labute approximate surface area is 209 Å². The number of nitrogens with one attached hydrogen (secondary N) is 2. The van der Waals surface area contributed by atoms with E-state index in [2.05, 4.69) is 31.0 Å². The molecular weight excluding hydrogens is 528 g/mol. The second-order valence-electron chi connectivity index (χ2n) is 6.97. The summed E-state index contributed by atoms with van der Waals surface area (Å²) in [6.45, 7) is 2.59. The molecule has 0 spiro atoms. The molecule has 1 saturated heterocycles. The number of halogens is 1. The fourth-order valence-corrected chi connectivity index (χ4v) is 6.55. The molecule has 0 aliphatic carbocycles. The van der Waals surface area contributed by atoms with Gasteiger partial charge in [0.1, 0.15) is 21.8 Å². The van der Waals surface area contributed by atoms with Gasteiger partial charge in [-0.25, -0.2) is 9.78 Å². The van der Waals surface area contributed by atoms with Crippen LogP contribution in [0.15, 0.2) is 20.1 Å². The minimum Gasteiger partial charge on any atom is -0.477 e. The van der Waals surface area contributed by atoms with Gasteiger partial charge in [0.15, 0.2) is 15.2 Å². The number of nitrogen functional groups attached to an aromatic ring is 1. The van der Waals surface area contributed by atoms with Crippen LogP contribution in [0.5, 0.6) is 0 Å². The number of anilines is 2. The molecule has 17 heteroatoms. The maximum atomic E-state index is 12.9. The van der Waals surface area contributed by atoms with Crippen molar-refractivity contribution >= 4 is 79.8 Å². The lowest BCUT2D eigenvalue weighted by molar-refractivity contribution is -0.155. The monoisotopic (exact) mass is 544 g/mol. The van der Waals surface area contributed by atoms with Crippen molar-refractivity contribution in [2.75, 3.05) is 17.6 Å². The number of aliphatic carboxylic acids is 1. The van der Waals surface area contributed by atoms with Crippen molar-refractivity contribution in [3.05, 3.63) is 20.6 Å². The molecule has 0 radical (unpaired) electrons. The fraction of sp³-hybridized carbons (Fsp3) is 0.353. The normalized spacial score (nSPS) is 20.1. The summed E-state index contributed by atoms with van der Waals surface area (Å²) in [5.74, 6) is -2.75. The number of carbonyl (C=O) groups is 3. The number of thiazole rings is 1. The number of nitrogens with two attached hydrogens (primary N) is 1. The van der Waals surface area contributed by atoms with Crippen LogP contribution >= 0.6 is 46.0 Å². The smallest absolute Gasteiger partial charge is 0.353 e. The molecule has 180 valence electrons. The van der Waals surface area contributed by atoms with Gasteiger partial charge in [-0.2, -0.15) is 0 Å². The molecule has 4 rings (SSSR count). The predicted molar refractivity (Wildman–Crippen MR) is 126 cm³/mol. The van der Waals surface area contributed by atoms with Crippen molar-refractivity contribution in [1.29, 1.82) is 0 Å². The number of amides is 2. The zero-order valence-corrected chi connectivity index (χ0v) is 20.5. The summed E-state index contributed by atoms with van der Waals surface area (Å²) in [6.07, 6.45) is 0.767. The third-order valence-electron chi connectivity index (χ3n) is 4.97. The van der Waals surface area contributed by atoms with Crippen molar-refractivity contribution in [3.63, 3.8) is 0 Å². The number of rotatable bonds is 8. The van der Waals surface area contributed by atoms with Gasteiger partial charge in [-0.05, 0) is 19.8 Å². The van der Waals surface area contributed by atoms with Crippen LogP contribution in [0.2, 0.25) is 4.34 Å². The number of allylic oxidation sites excluding steroid dienone is 1. The lowest BCUT2D eigenvalue weighted by Crippen LogP contribution is -2.72. The number of oxime groups is 1. The Morgan fingerprint density at radius 1 is 1.38 bits per heavy atom. The Bertz CT molecular complexity index is 1230. The van der Waals surface area contributed by atoms with E-state index in [-0.39, 0.29) is 20.9 Å². The Balaban J connectivity index is 1.51. The molecule has 2 aromatic rings. The van der Waals surface area contributed by atoms with Crippen LogP contribution in [-0.4, -0.2) is 72.5 Å². The number of nitrogens with zero attached hydrogens (tertiary/aromatic N) is 5. The van der Waals surface area contributed by atoms with E-state index in [9.17, 15) is 24.7 Å². The fourth-order valence-electron chi connectivity index (χ4n) is 3.58. The van der Waals surface area contributed by atoms with E-state index < -0.39 is 35.6 Å². The zero-order valence-electron chi connectivity index (χ0n) is 17.3. The molecule has 0 aromatic carbocycles. The quantitative estimate of drug-likeness (QED) is 0.139. The van der Waals surface area contributed by atoms with Crippen molar-refractivity contribution in [3.8, 4) is 0 Å². The summed E-state index contributed by atoms with van der Waals surface area (Å²) in [5.41, 5.74) is 4.80. The van der Waals surface area contributed by atoms with Crippen LogP contribution in [0, 0.1) is 0 Å². The van der Waals surface area contributed by atoms with E-state index in [0.717, 1.165) is 28.0 Å². The van der Waals surface area contributed by atoms with Crippen LogP contribution in [0.3, 0.4) is 0 Å². The largest absolute Gasteiger partial charge is 0.477 e. The lowest BCUT2D eigenvalue weighted by Gasteiger charge is -2.49. The second kappa shape index (κ2) is 9.73. The van der Waals surface area contributed by atoms with Crippen molar-refractivity contribution in [1.82, 2.24) is 25.4 Å². The first-order valence-corrected chi connectivity index (χ1v) is 12.6. The average Bonchev–Trinajstić information content (AvgIpc) is 3.37. The molecule has 2 atom stereocenters. The van der Waals surface area contributed by atoms with Crippen LogP contribution < -0.4 is 16.4 Å².